The van der Waals surface area contributed by atoms with Crippen LogP contribution in [0, 0.1) is 0 Å². The van der Waals surface area contributed by atoms with Crippen molar-refractivity contribution in [2.75, 3.05) is 13.2 Å². The first-order chi connectivity index (χ1) is 7.25. The van der Waals surface area contributed by atoms with Gasteiger partial charge in [0.25, 0.3) is 0 Å². The van der Waals surface area contributed by atoms with Crippen LogP contribution in [0.1, 0.15) is 16.9 Å². The van der Waals surface area contributed by atoms with Crippen LogP contribution in [0.2, 0.25) is 0 Å². The van der Waals surface area contributed by atoms with Gasteiger partial charge in [-0.05, 0) is 6.42 Å². The van der Waals surface area contributed by atoms with Gasteiger partial charge in [0.05, 0.1) is 19.1 Å². The number of hydrogen-bond acceptors (Lipinski definition) is 3. The normalized spacial score (nSPS) is 10.1. The summed E-state index contributed by atoms with van der Waals surface area (Å²) in [7, 11) is 0. The van der Waals surface area contributed by atoms with E-state index in [1.165, 1.54) is 12.5 Å². The number of carboxylic acids is 1. The average Bonchev–Trinajstić information content (AvgIpc) is 2.66. The molecular formula is C10H14N2O3. The molecule has 0 aliphatic heterocycles. The minimum absolute atomic E-state index is 0.207. The predicted octanol–water partition coefficient (Wildman–Crippen LogP) is 1.17. The molecule has 0 saturated heterocycles. The van der Waals surface area contributed by atoms with E-state index < -0.39 is 5.97 Å². The lowest BCUT2D eigenvalue weighted by atomic mass is 10.4. The number of ether oxygens (including phenoxy) is 1. The maximum Gasteiger partial charge on any atom is 0.354 e. The van der Waals surface area contributed by atoms with E-state index in [1.807, 2.05) is 0 Å². The van der Waals surface area contributed by atoms with Crippen molar-refractivity contribution in [3.8, 4) is 0 Å². The van der Waals surface area contributed by atoms with Crippen molar-refractivity contribution in [2.45, 2.75) is 13.0 Å². The quantitative estimate of drug-likeness (QED) is 0.542. The highest BCUT2D eigenvalue weighted by Crippen LogP contribution is 2.00. The van der Waals surface area contributed by atoms with Gasteiger partial charge in [0.15, 0.2) is 0 Å². The number of hydrogen-bond donors (Lipinski definition) is 1. The standard InChI is InChI=1S/C10H14N2O3/c1-2-5-15-6-3-4-12-8-11-7-9(12)10(13)14/h2,7-8H,1,3-6H2,(H,13,14). The molecule has 1 N–H and O–H groups in total. The van der Waals surface area contributed by atoms with Crippen molar-refractivity contribution >= 4 is 5.97 Å². The summed E-state index contributed by atoms with van der Waals surface area (Å²) in [4.78, 5) is 14.5. The molecule has 15 heavy (non-hydrogen) atoms. The second-order valence-electron chi connectivity index (χ2n) is 2.99. The summed E-state index contributed by atoms with van der Waals surface area (Å²) in [6, 6.07) is 0. The van der Waals surface area contributed by atoms with Gasteiger partial charge in [-0.15, -0.1) is 6.58 Å². The van der Waals surface area contributed by atoms with Crippen LogP contribution in [-0.4, -0.2) is 33.8 Å². The third-order valence-corrected chi connectivity index (χ3v) is 1.85. The van der Waals surface area contributed by atoms with E-state index in [4.69, 9.17) is 9.84 Å². The molecule has 0 radical (unpaired) electrons. The molecule has 1 aromatic heterocycles. The summed E-state index contributed by atoms with van der Waals surface area (Å²) in [6.07, 6.45) is 5.29. The first-order valence-electron chi connectivity index (χ1n) is 4.67. The van der Waals surface area contributed by atoms with E-state index >= 15 is 0 Å². The van der Waals surface area contributed by atoms with E-state index in [9.17, 15) is 4.79 Å². The van der Waals surface area contributed by atoms with Crippen molar-refractivity contribution in [3.05, 3.63) is 30.9 Å². The number of carbonyl (C=O) groups is 1. The van der Waals surface area contributed by atoms with Gasteiger partial charge >= 0.3 is 5.97 Å². The van der Waals surface area contributed by atoms with Crippen LogP contribution in [0.3, 0.4) is 0 Å². The molecular weight excluding hydrogens is 196 g/mol. The number of imidazole rings is 1. The largest absolute Gasteiger partial charge is 0.477 e. The van der Waals surface area contributed by atoms with Gasteiger partial charge < -0.3 is 14.4 Å². The third-order valence-electron chi connectivity index (χ3n) is 1.85. The number of aryl methyl sites for hydroxylation is 1. The highest BCUT2D eigenvalue weighted by atomic mass is 16.5. The van der Waals surface area contributed by atoms with Crippen molar-refractivity contribution < 1.29 is 14.6 Å². The van der Waals surface area contributed by atoms with Crippen molar-refractivity contribution in [3.63, 3.8) is 0 Å². The second kappa shape index (κ2) is 5.98. The van der Waals surface area contributed by atoms with E-state index in [0.717, 1.165) is 6.42 Å². The van der Waals surface area contributed by atoms with Gasteiger partial charge in [-0.1, -0.05) is 6.08 Å². The van der Waals surface area contributed by atoms with Gasteiger partial charge in [-0.3, -0.25) is 0 Å². The molecule has 0 bridgehead atoms. The van der Waals surface area contributed by atoms with Gasteiger partial charge in [0.1, 0.15) is 5.69 Å². The number of aromatic nitrogens is 2. The van der Waals surface area contributed by atoms with Gasteiger partial charge in [-0.25, -0.2) is 9.78 Å². The molecule has 1 heterocycles. The summed E-state index contributed by atoms with van der Waals surface area (Å²) in [6.45, 7) is 5.23. The molecule has 0 aliphatic rings. The average molecular weight is 210 g/mol. The zero-order chi connectivity index (χ0) is 11.1. The Kier molecular flexibility index (Phi) is 4.56. The monoisotopic (exact) mass is 210 g/mol. The van der Waals surface area contributed by atoms with Crippen LogP contribution in [0.5, 0.6) is 0 Å². The molecule has 5 heteroatoms. The predicted molar refractivity (Wildman–Crippen MR) is 54.8 cm³/mol. The first kappa shape index (κ1) is 11.5. The molecule has 0 spiro atoms. The number of carboxylic acid groups (broad SMARTS) is 1. The van der Waals surface area contributed by atoms with Crippen LogP contribution in [0.4, 0.5) is 0 Å². The van der Waals surface area contributed by atoms with E-state index in [2.05, 4.69) is 11.6 Å². The molecule has 82 valence electrons. The Morgan fingerprint density at radius 1 is 1.73 bits per heavy atom. The smallest absolute Gasteiger partial charge is 0.354 e. The summed E-state index contributed by atoms with van der Waals surface area (Å²) >= 11 is 0. The topological polar surface area (TPSA) is 64.4 Å². The highest BCUT2D eigenvalue weighted by Gasteiger charge is 2.08. The molecule has 1 rings (SSSR count). The second-order valence-corrected chi connectivity index (χ2v) is 2.99. The highest BCUT2D eigenvalue weighted by molar-refractivity contribution is 5.85. The van der Waals surface area contributed by atoms with Gasteiger partial charge in [0, 0.05) is 13.2 Å². The van der Waals surface area contributed by atoms with Crippen molar-refractivity contribution in [1.82, 2.24) is 9.55 Å². The summed E-state index contributed by atoms with van der Waals surface area (Å²) in [5, 5.41) is 8.79. The summed E-state index contributed by atoms with van der Waals surface area (Å²) in [5.41, 5.74) is 0.207. The van der Waals surface area contributed by atoms with Crippen LogP contribution >= 0.6 is 0 Å². The Bertz CT molecular complexity index is 333. The number of rotatable bonds is 7. The lowest BCUT2D eigenvalue weighted by Gasteiger charge is -2.04. The van der Waals surface area contributed by atoms with Crippen LogP contribution in [0.25, 0.3) is 0 Å². The maximum absolute atomic E-state index is 10.7. The Balaban J connectivity index is 2.34. The molecule has 0 fully saturated rings. The minimum Gasteiger partial charge on any atom is -0.477 e. The van der Waals surface area contributed by atoms with Crippen molar-refractivity contribution in [1.29, 1.82) is 0 Å². The molecule has 0 amide bonds. The Labute approximate surface area is 88.0 Å². The van der Waals surface area contributed by atoms with E-state index in [1.54, 1.807) is 10.6 Å². The van der Waals surface area contributed by atoms with Crippen LogP contribution in [-0.2, 0) is 11.3 Å². The van der Waals surface area contributed by atoms with E-state index in [-0.39, 0.29) is 5.69 Å². The zero-order valence-electron chi connectivity index (χ0n) is 8.43. The van der Waals surface area contributed by atoms with E-state index in [0.29, 0.717) is 19.8 Å². The fourth-order valence-corrected chi connectivity index (χ4v) is 1.18. The summed E-state index contributed by atoms with van der Waals surface area (Å²) < 4.78 is 6.78. The van der Waals surface area contributed by atoms with Crippen LogP contribution in [0.15, 0.2) is 25.2 Å². The Hall–Kier alpha value is -1.62. The molecule has 0 aliphatic carbocycles. The fraction of sp³-hybridized carbons (Fsp3) is 0.400. The molecule has 0 saturated carbocycles. The summed E-state index contributed by atoms with van der Waals surface area (Å²) in [5.74, 6) is -0.959. The Morgan fingerprint density at radius 3 is 3.20 bits per heavy atom. The number of aromatic carboxylic acids is 1. The SMILES string of the molecule is C=CCOCCCn1cncc1C(=O)O. The van der Waals surface area contributed by atoms with Crippen molar-refractivity contribution in [2.24, 2.45) is 0 Å². The fourth-order valence-electron chi connectivity index (χ4n) is 1.18. The molecule has 5 nitrogen and oxygen atoms in total. The lowest BCUT2D eigenvalue weighted by Crippen LogP contribution is -2.09. The first-order valence-corrected chi connectivity index (χ1v) is 4.67. The Morgan fingerprint density at radius 2 is 2.53 bits per heavy atom. The molecule has 1 aromatic rings. The molecule has 0 unspecified atom stereocenters. The van der Waals surface area contributed by atoms with Gasteiger partial charge in [0.2, 0.25) is 0 Å². The third kappa shape index (κ3) is 3.55. The lowest BCUT2D eigenvalue weighted by molar-refractivity contribution is 0.0683. The minimum atomic E-state index is -0.959. The maximum atomic E-state index is 10.7. The van der Waals surface area contributed by atoms with Crippen LogP contribution < -0.4 is 0 Å². The number of nitrogens with zero attached hydrogens (tertiary/aromatic N) is 2. The molecule has 0 aromatic carbocycles. The molecule has 0 atom stereocenters. The zero-order valence-corrected chi connectivity index (χ0v) is 8.43. The van der Waals surface area contributed by atoms with Gasteiger partial charge in [-0.2, -0.15) is 0 Å².